The molecule has 0 aromatic rings. The van der Waals surface area contributed by atoms with Crippen LogP contribution in [0.25, 0.3) is 0 Å². The van der Waals surface area contributed by atoms with E-state index in [9.17, 15) is 0 Å². The molecule has 0 aromatic carbocycles. The van der Waals surface area contributed by atoms with Gasteiger partial charge in [-0.2, -0.15) is 10.2 Å². The maximum atomic E-state index is 8.76. The third-order valence-electron chi connectivity index (χ3n) is 6.44. The molecule has 0 spiro atoms. The highest BCUT2D eigenvalue weighted by Gasteiger charge is 2.09. The Kier molecular flexibility index (Phi) is 22.0. The highest BCUT2D eigenvalue weighted by molar-refractivity contribution is 7.99. The van der Waals surface area contributed by atoms with E-state index in [0.29, 0.717) is 6.61 Å². The molecule has 1 fully saturated rings. The van der Waals surface area contributed by atoms with Gasteiger partial charge in [-0.3, -0.25) is 0 Å². The zero-order valence-corrected chi connectivity index (χ0v) is 20.8. The van der Waals surface area contributed by atoms with Crippen LogP contribution in [0.3, 0.4) is 0 Å². The molecule has 1 saturated carbocycles. The van der Waals surface area contributed by atoms with Crippen molar-refractivity contribution in [3.05, 3.63) is 0 Å². The van der Waals surface area contributed by atoms with Crippen LogP contribution in [0.4, 0.5) is 0 Å². The molecule has 1 rings (SSSR count). The van der Waals surface area contributed by atoms with Crippen LogP contribution >= 0.6 is 11.8 Å². The van der Waals surface area contributed by atoms with Gasteiger partial charge in [0.25, 0.3) is 0 Å². The topological polar surface area (TPSA) is 45.0 Å². The van der Waals surface area contributed by atoms with Gasteiger partial charge in [0, 0.05) is 11.9 Å². The predicted molar refractivity (Wildman–Crippen MR) is 135 cm³/mol. The Hall–Kier alpha value is -0.0900. The Morgan fingerprint density at radius 2 is 0.967 bits per heavy atom. The highest BCUT2D eigenvalue weighted by atomic mass is 32.2. The zero-order chi connectivity index (χ0) is 21.4. The van der Waals surface area contributed by atoms with Gasteiger partial charge in [-0.25, -0.2) is 0 Å². The molecule has 4 heteroatoms. The number of aliphatic hydroxyl groups excluding tert-OH is 1. The summed E-state index contributed by atoms with van der Waals surface area (Å²) >= 11 is 2.06. The lowest BCUT2D eigenvalue weighted by atomic mass is 10.1. The standard InChI is InChI=1S/C26H52N2OS/c29-24-20-16-12-8-4-2-1-3-7-11-15-19-23-27-28-25-30-26-21-17-13-9-5-6-10-14-18-22-26/h26,29H,1-25H2/b28-27-. The largest absolute Gasteiger partial charge is 0.396 e. The normalized spacial score (nSPS) is 17.4. The molecule has 3 nitrogen and oxygen atoms in total. The summed E-state index contributed by atoms with van der Waals surface area (Å²) in [6.07, 6.45) is 30.0. The molecular weight excluding hydrogens is 388 g/mol. The van der Waals surface area contributed by atoms with Crippen molar-refractivity contribution in [1.82, 2.24) is 0 Å². The molecule has 0 amide bonds. The minimum atomic E-state index is 0.362. The first-order chi connectivity index (χ1) is 14.9. The van der Waals surface area contributed by atoms with Crippen LogP contribution in [0.1, 0.15) is 141 Å². The van der Waals surface area contributed by atoms with Gasteiger partial charge in [-0.1, -0.05) is 116 Å². The fourth-order valence-corrected chi connectivity index (χ4v) is 5.45. The van der Waals surface area contributed by atoms with E-state index >= 15 is 0 Å². The quantitative estimate of drug-likeness (QED) is 0.181. The lowest BCUT2D eigenvalue weighted by Crippen LogP contribution is -2.03. The molecule has 0 atom stereocenters. The lowest BCUT2D eigenvalue weighted by molar-refractivity contribution is 0.282. The van der Waals surface area contributed by atoms with E-state index < -0.39 is 0 Å². The first-order valence-corrected chi connectivity index (χ1v) is 14.5. The van der Waals surface area contributed by atoms with Crippen LogP contribution in [-0.4, -0.2) is 29.4 Å². The van der Waals surface area contributed by atoms with Gasteiger partial charge >= 0.3 is 0 Å². The van der Waals surface area contributed by atoms with E-state index in [-0.39, 0.29) is 0 Å². The Balaban J connectivity index is 1.84. The number of aliphatic hydroxyl groups is 1. The second-order valence-electron chi connectivity index (χ2n) is 9.30. The van der Waals surface area contributed by atoms with Crippen LogP contribution < -0.4 is 0 Å². The third-order valence-corrected chi connectivity index (χ3v) is 7.64. The molecule has 1 aliphatic carbocycles. The average Bonchev–Trinajstić information content (AvgIpc) is 2.82. The SMILES string of the molecule is OCCCCCCCCCCCCCC/N=N\CSC1CCCCCCCCCC1. The van der Waals surface area contributed by atoms with Crippen molar-refractivity contribution < 1.29 is 5.11 Å². The molecule has 0 heterocycles. The number of nitrogens with zero attached hydrogens (tertiary/aromatic N) is 2. The number of thioether (sulfide) groups is 1. The third kappa shape index (κ3) is 19.8. The predicted octanol–water partition coefficient (Wildman–Crippen LogP) is 9.09. The molecule has 1 aliphatic rings. The molecule has 178 valence electrons. The van der Waals surface area contributed by atoms with E-state index in [4.69, 9.17) is 5.11 Å². The van der Waals surface area contributed by atoms with Crippen LogP contribution in [0.2, 0.25) is 0 Å². The summed E-state index contributed by atoms with van der Waals surface area (Å²) in [5, 5.41) is 18.5. The lowest BCUT2D eigenvalue weighted by Gasteiger charge is -2.14. The number of rotatable bonds is 17. The fraction of sp³-hybridized carbons (Fsp3) is 1.00. The van der Waals surface area contributed by atoms with Crippen LogP contribution in [0.5, 0.6) is 0 Å². The van der Waals surface area contributed by atoms with Gasteiger partial charge < -0.3 is 5.11 Å². The summed E-state index contributed by atoms with van der Waals surface area (Å²) in [6.45, 7) is 1.29. The summed E-state index contributed by atoms with van der Waals surface area (Å²) in [7, 11) is 0. The number of azo groups is 1. The van der Waals surface area contributed by atoms with Crippen molar-refractivity contribution in [1.29, 1.82) is 0 Å². The van der Waals surface area contributed by atoms with Crippen molar-refractivity contribution in [2.24, 2.45) is 10.2 Å². The van der Waals surface area contributed by atoms with Crippen LogP contribution in [0, 0.1) is 0 Å². The Morgan fingerprint density at radius 3 is 1.47 bits per heavy atom. The molecule has 0 bridgehead atoms. The van der Waals surface area contributed by atoms with Crippen molar-refractivity contribution in [2.75, 3.05) is 19.0 Å². The molecule has 0 unspecified atom stereocenters. The van der Waals surface area contributed by atoms with Crippen LogP contribution in [0.15, 0.2) is 10.2 Å². The smallest absolute Gasteiger partial charge is 0.105 e. The van der Waals surface area contributed by atoms with E-state index in [0.717, 1.165) is 24.1 Å². The van der Waals surface area contributed by atoms with Crippen molar-refractivity contribution in [3.8, 4) is 0 Å². The van der Waals surface area contributed by atoms with Crippen molar-refractivity contribution in [2.45, 2.75) is 147 Å². The van der Waals surface area contributed by atoms with Gasteiger partial charge in [-0.15, -0.1) is 11.8 Å². The second kappa shape index (κ2) is 23.6. The zero-order valence-electron chi connectivity index (χ0n) is 20.0. The van der Waals surface area contributed by atoms with E-state index in [1.807, 2.05) is 0 Å². The number of hydrogen-bond acceptors (Lipinski definition) is 4. The number of hydrogen-bond donors (Lipinski definition) is 1. The van der Waals surface area contributed by atoms with E-state index in [1.165, 1.54) is 135 Å². The van der Waals surface area contributed by atoms with E-state index in [1.54, 1.807) is 0 Å². The molecule has 0 saturated heterocycles. The second-order valence-corrected chi connectivity index (χ2v) is 10.6. The first kappa shape index (κ1) is 27.9. The molecule has 1 N–H and O–H groups in total. The summed E-state index contributed by atoms with van der Waals surface area (Å²) < 4.78 is 0. The van der Waals surface area contributed by atoms with Crippen molar-refractivity contribution in [3.63, 3.8) is 0 Å². The van der Waals surface area contributed by atoms with Crippen molar-refractivity contribution >= 4 is 11.8 Å². The molecule has 0 aromatic heterocycles. The van der Waals surface area contributed by atoms with Crippen LogP contribution in [-0.2, 0) is 0 Å². The minimum absolute atomic E-state index is 0.362. The molecule has 30 heavy (non-hydrogen) atoms. The van der Waals surface area contributed by atoms with Gasteiger partial charge in [0.1, 0.15) is 5.88 Å². The highest BCUT2D eigenvalue weighted by Crippen LogP contribution is 2.25. The molecule has 0 aliphatic heterocycles. The monoisotopic (exact) mass is 440 g/mol. The van der Waals surface area contributed by atoms with Gasteiger partial charge in [0.15, 0.2) is 0 Å². The van der Waals surface area contributed by atoms with E-state index in [2.05, 4.69) is 22.0 Å². The average molecular weight is 441 g/mol. The fourth-order valence-electron chi connectivity index (χ4n) is 4.43. The maximum absolute atomic E-state index is 8.76. The van der Waals surface area contributed by atoms with Gasteiger partial charge in [-0.05, 0) is 25.7 Å². The molecular formula is C26H52N2OS. The minimum Gasteiger partial charge on any atom is -0.396 e. The maximum Gasteiger partial charge on any atom is 0.105 e. The summed E-state index contributed by atoms with van der Waals surface area (Å²) in [5.74, 6) is 0.880. The number of unbranched alkanes of at least 4 members (excludes halogenated alkanes) is 11. The first-order valence-electron chi connectivity index (χ1n) is 13.5. The van der Waals surface area contributed by atoms with Gasteiger partial charge in [0.05, 0.1) is 6.54 Å². The Bertz CT molecular complexity index is 353. The summed E-state index contributed by atoms with van der Waals surface area (Å²) in [5.41, 5.74) is 0. The molecule has 0 radical (unpaired) electrons. The summed E-state index contributed by atoms with van der Waals surface area (Å²) in [6, 6.07) is 0. The van der Waals surface area contributed by atoms with Gasteiger partial charge in [0.2, 0.25) is 0 Å². The Morgan fingerprint density at radius 1 is 0.533 bits per heavy atom. The Labute approximate surface area is 192 Å². The summed E-state index contributed by atoms with van der Waals surface area (Å²) in [4.78, 5) is 0.